The van der Waals surface area contributed by atoms with Gasteiger partial charge in [0.15, 0.2) is 0 Å². The number of piperidine rings is 1. The van der Waals surface area contributed by atoms with Crippen molar-refractivity contribution in [2.45, 2.75) is 45.6 Å². The van der Waals surface area contributed by atoms with Crippen molar-refractivity contribution < 1.29 is 4.79 Å². The van der Waals surface area contributed by atoms with Gasteiger partial charge in [-0.25, -0.2) is 0 Å². The Morgan fingerprint density at radius 3 is 2.71 bits per heavy atom. The lowest BCUT2D eigenvalue weighted by Crippen LogP contribution is -2.48. The lowest BCUT2D eigenvalue weighted by atomic mass is 9.70. The molecule has 1 N–H and O–H groups in total. The van der Waals surface area contributed by atoms with E-state index in [0.717, 1.165) is 30.7 Å². The Labute approximate surface area is 86.5 Å². The fraction of sp³-hybridized carbons (Fsp3) is 0.917. The molecule has 2 nitrogen and oxygen atoms in total. The van der Waals surface area contributed by atoms with Gasteiger partial charge in [-0.2, -0.15) is 0 Å². The van der Waals surface area contributed by atoms with Crippen molar-refractivity contribution in [3.63, 3.8) is 0 Å². The second-order valence-corrected chi connectivity index (χ2v) is 5.25. The van der Waals surface area contributed by atoms with Gasteiger partial charge >= 0.3 is 0 Å². The Kier molecular flexibility index (Phi) is 2.91. The molecule has 0 spiro atoms. The fourth-order valence-corrected chi connectivity index (χ4v) is 3.11. The Morgan fingerprint density at radius 1 is 1.21 bits per heavy atom. The summed E-state index contributed by atoms with van der Waals surface area (Å²) >= 11 is 0. The Morgan fingerprint density at radius 2 is 2.00 bits per heavy atom. The maximum absolute atomic E-state index is 11.3. The summed E-state index contributed by atoms with van der Waals surface area (Å²) in [6.07, 6.45) is 5.18. The van der Waals surface area contributed by atoms with E-state index in [1.165, 1.54) is 19.3 Å². The van der Waals surface area contributed by atoms with Crippen LogP contribution < -0.4 is 5.32 Å². The van der Waals surface area contributed by atoms with Crippen molar-refractivity contribution in [1.82, 2.24) is 5.32 Å². The van der Waals surface area contributed by atoms with E-state index >= 15 is 0 Å². The molecular formula is C12H21NO. The molecule has 0 aromatic carbocycles. The quantitative estimate of drug-likeness (QED) is 0.693. The van der Waals surface area contributed by atoms with Crippen LogP contribution in [0.4, 0.5) is 0 Å². The molecule has 1 aliphatic carbocycles. The lowest BCUT2D eigenvalue weighted by molar-refractivity contribution is -0.120. The zero-order valence-electron chi connectivity index (χ0n) is 9.25. The van der Waals surface area contributed by atoms with Crippen LogP contribution in [-0.4, -0.2) is 18.4 Å². The smallest absolute Gasteiger partial charge is 0.146 e. The van der Waals surface area contributed by atoms with E-state index in [2.05, 4.69) is 12.2 Å². The van der Waals surface area contributed by atoms with Crippen molar-refractivity contribution in [3.05, 3.63) is 0 Å². The summed E-state index contributed by atoms with van der Waals surface area (Å²) in [6, 6.07) is 0.154. The van der Waals surface area contributed by atoms with Gasteiger partial charge < -0.3 is 5.32 Å². The molecule has 2 rings (SSSR count). The van der Waals surface area contributed by atoms with Gasteiger partial charge in [0.25, 0.3) is 0 Å². The van der Waals surface area contributed by atoms with Crippen LogP contribution >= 0.6 is 0 Å². The summed E-state index contributed by atoms with van der Waals surface area (Å²) in [4.78, 5) is 11.3. The predicted octanol–water partition coefficient (Wildman–Crippen LogP) is 1.99. The third-order valence-corrected chi connectivity index (χ3v) is 4.06. The van der Waals surface area contributed by atoms with E-state index in [-0.39, 0.29) is 6.04 Å². The average Bonchev–Trinajstić information content (AvgIpc) is 2.16. The summed E-state index contributed by atoms with van der Waals surface area (Å²) in [6.45, 7) is 5.13. The monoisotopic (exact) mass is 195 g/mol. The van der Waals surface area contributed by atoms with Crippen LogP contribution in [0.3, 0.4) is 0 Å². The summed E-state index contributed by atoms with van der Waals surface area (Å²) in [5, 5.41) is 3.38. The second kappa shape index (κ2) is 4.01. The van der Waals surface area contributed by atoms with Gasteiger partial charge in [0, 0.05) is 0 Å². The zero-order valence-corrected chi connectivity index (χ0v) is 9.25. The lowest BCUT2D eigenvalue weighted by Gasteiger charge is -2.41. The highest BCUT2D eigenvalue weighted by molar-refractivity contribution is 5.81. The third-order valence-electron chi connectivity index (χ3n) is 4.06. The van der Waals surface area contributed by atoms with Crippen LogP contribution in [-0.2, 0) is 4.79 Å². The van der Waals surface area contributed by atoms with E-state index in [1.807, 2.05) is 0 Å². The zero-order chi connectivity index (χ0) is 10.1. The van der Waals surface area contributed by atoms with E-state index in [9.17, 15) is 4.79 Å². The molecule has 0 aromatic rings. The summed E-state index contributed by atoms with van der Waals surface area (Å²) < 4.78 is 0. The number of carbonyl (C=O) groups excluding carboxylic acids is 1. The Hall–Kier alpha value is -0.370. The van der Waals surface area contributed by atoms with Crippen LogP contribution in [0.25, 0.3) is 0 Å². The van der Waals surface area contributed by atoms with Crippen LogP contribution in [0.1, 0.15) is 39.5 Å². The number of carbonyl (C=O) groups is 1. The topological polar surface area (TPSA) is 29.1 Å². The van der Waals surface area contributed by atoms with Crippen molar-refractivity contribution in [1.29, 1.82) is 0 Å². The minimum atomic E-state index is 0.154. The minimum Gasteiger partial charge on any atom is -0.307 e. The minimum absolute atomic E-state index is 0.154. The molecule has 4 atom stereocenters. The van der Waals surface area contributed by atoms with Gasteiger partial charge in [0.1, 0.15) is 5.78 Å². The SMILES string of the molecule is CC(=O)[C@@H]1C[C@H]2C[C@@H](C)CC[C@H]2CN1. The number of rotatable bonds is 1. The number of ketones is 1. The number of hydrogen-bond donors (Lipinski definition) is 1. The van der Waals surface area contributed by atoms with E-state index in [0.29, 0.717) is 5.78 Å². The maximum atomic E-state index is 11.3. The third kappa shape index (κ3) is 2.00. The molecule has 80 valence electrons. The highest BCUT2D eigenvalue weighted by Gasteiger charge is 2.35. The van der Waals surface area contributed by atoms with Crippen molar-refractivity contribution in [2.24, 2.45) is 17.8 Å². The first-order chi connectivity index (χ1) is 6.66. The number of Topliss-reactive ketones (excluding diaryl/α,β-unsaturated/α-hetero) is 1. The van der Waals surface area contributed by atoms with Gasteiger partial charge in [-0.15, -0.1) is 0 Å². The molecule has 0 radical (unpaired) electrons. The Bertz CT molecular complexity index is 226. The fourth-order valence-electron chi connectivity index (χ4n) is 3.11. The predicted molar refractivity (Wildman–Crippen MR) is 57.1 cm³/mol. The van der Waals surface area contributed by atoms with Gasteiger partial charge in [-0.3, -0.25) is 4.79 Å². The molecule has 14 heavy (non-hydrogen) atoms. The van der Waals surface area contributed by atoms with Gasteiger partial charge in [0.2, 0.25) is 0 Å². The van der Waals surface area contributed by atoms with Crippen LogP contribution in [0.5, 0.6) is 0 Å². The van der Waals surface area contributed by atoms with Gasteiger partial charge in [0.05, 0.1) is 6.04 Å². The van der Waals surface area contributed by atoms with Crippen molar-refractivity contribution in [3.8, 4) is 0 Å². The molecule has 1 saturated carbocycles. The molecule has 2 aliphatic rings. The molecule has 2 fully saturated rings. The van der Waals surface area contributed by atoms with Crippen molar-refractivity contribution >= 4 is 5.78 Å². The molecule has 0 aromatic heterocycles. The standard InChI is InChI=1S/C12H21NO/c1-8-3-4-10-7-13-12(9(2)14)6-11(10)5-8/h8,10-13H,3-7H2,1-2H3/t8-,10-,11+,12-/m0/s1. The highest BCUT2D eigenvalue weighted by atomic mass is 16.1. The van der Waals surface area contributed by atoms with Crippen LogP contribution in [0, 0.1) is 17.8 Å². The molecule has 1 aliphatic heterocycles. The molecule has 0 amide bonds. The number of hydrogen-bond acceptors (Lipinski definition) is 2. The number of fused-ring (bicyclic) bond motifs is 1. The van der Waals surface area contributed by atoms with Gasteiger partial charge in [-0.05, 0) is 50.5 Å². The van der Waals surface area contributed by atoms with Gasteiger partial charge in [-0.1, -0.05) is 13.3 Å². The normalized spacial score (nSPS) is 43.0. The largest absolute Gasteiger partial charge is 0.307 e. The Balaban J connectivity index is 1.96. The van der Waals surface area contributed by atoms with E-state index in [4.69, 9.17) is 0 Å². The molecule has 0 unspecified atom stereocenters. The second-order valence-electron chi connectivity index (χ2n) is 5.25. The van der Waals surface area contributed by atoms with E-state index < -0.39 is 0 Å². The van der Waals surface area contributed by atoms with Crippen LogP contribution in [0.2, 0.25) is 0 Å². The summed E-state index contributed by atoms with van der Waals surface area (Å²) in [7, 11) is 0. The number of nitrogens with one attached hydrogen (secondary N) is 1. The first kappa shape index (κ1) is 10.2. The average molecular weight is 195 g/mol. The summed E-state index contributed by atoms with van der Waals surface area (Å²) in [5.74, 6) is 2.86. The first-order valence-corrected chi connectivity index (χ1v) is 5.90. The van der Waals surface area contributed by atoms with Crippen molar-refractivity contribution in [2.75, 3.05) is 6.54 Å². The molecule has 2 heteroatoms. The maximum Gasteiger partial charge on any atom is 0.146 e. The van der Waals surface area contributed by atoms with E-state index in [1.54, 1.807) is 6.92 Å². The molecule has 0 bridgehead atoms. The molecular weight excluding hydrogens is 174 g/mol. The first-order valence-electron chi connectivity index (χ1n) is 5.90. The summed E-state index contributed by atoms with van der Waals surface area (Å²) in [5.41, 5.74) is 0. The highest BCUT2D eigenvalue weighted by Crippen LogP contribution is 2.38. The molecule has 1 heterocycles. The molecule has 1 saturated heterocycles. The van der Waals surface area contributed by atoms with Crippen LogP contribution in [0.15, 0.2) is 0 Å².